The van der Waals surface area contributed by atoms with E-state index < -0.39 is 5.97 Å². The van der Waals surface area contributed by atoms with E-state index in [1.165, 1.54) is 22.6 Å². The van der Waals surface area contributed by atoms with E-state index in [9.17, 15) is 19.2 Å². The number of ether oxygens (including phenoxy) is 1. The maximum atomic E-state index is 13.5. The molecule has 2 saturated carbocycles. The number of ketones is 1. The minimum Gasteiger partial charge on any atom is -0.454 e. The Morgan fingerprint density at radius 1 is 0.811 bits per heavy atom. The Labute approximate surface area is 215 Å². The summed E-state index contributed by atoms with van der Waals surface area (Å²) in [6.45, 7) is 1.57. The van der Waals surface area contributed by atoms with E-state index in [2.05, 4.69) is 12.1 Å². The molecule has 2 amide bonds. The molecule has 0 spiro atoms. The van der Waals surface area contributed by atoms with Gasteiger partial charge in [-0.05, 0) is 67.3 Å². The summed E-state index contributed by atoms with van der Waals surface area (Å²) in [7, 11) is 0. The normalized spacial score (nSPS) is 25.9. The molecule has 0 aromatic heterocycles. The maximum Gasteiger partial charge on any atom is 0.338 e. The quantitative estimate of drug-likeness (QED) is 0.275. The number of hydrogen-bond acceptors (Lipinski definition) is 5. The van der Waals surface area contributed by atoms with E-state index in [0.717, 1.165) is 18.4 Å². The second-order valence-electron chi connectivity index (χ2n) is 10.4. The minimum absolute atomic E-state index is 0.131. The van der Waals surface area contributed by atoms with Crippen molar-refractivity contribution in [3.05, 3.63) is 101 Å². The third kappa shape index (κ3) is 3.97. The number of aryl methyl sites for hydroxylation is 1. The number of benzene rings is 3. The number of carbonyl (C=O) groups is 4. The van der Waals surface area contributed by atoms with E-state index in [-0.39, 0.29) is 53.4 Å². The van der Waals surface area contributed by atoms with Gasteiger partial charge in [0.05, 0.1) is 23.1 Å². The first-order chi connectivity index (χ1) is 17.9. The molecule has 2 aliphatic carbocycles. The van der Waals surface area contributed by atoms with Crippen LogP contribution in [0.5, 0.6) is 0 Å². The molecule has 3 fully saturated rings. The first-order valence-electron chi connectivity index (χ1n) is 12.7. The zero-order valence-corrected chi connectivity index (χ0v) is 20.5. The van der Waals surface area contributed by atoms with Gasteiger partial charge < -0.3 is 4.74 Å². The zero-order valence-electron chi connectivity index (χ0n) is 20.5. The molecule has 3 aromatic rings. The van der Waals surface area contributed by atoms with Crippen LogP contribution in [-0.2, 0) is 14.3 Å². The average molecular weight is 494 g/mol. The molecule has 6 heteroatoms. The minimum atomic E-state index is -0.633. The Hall–Kier alpha value is -4.06. The number of Topliss-reactive ketones (excluding diaryl/α,β-unsaturated/α-hetero) is 1. The lowest BCUT2D eigenvalue weighted by atomic mass is 9.73. The van der Waals surface area contributed by atoms with Crippen molar-refractivity contribution in [2.45, 2.75) is 25.7 Å². The largest absolute Gasteiger partial charge is 0.454 e. The van der Waals surface area contributed by atoms with Crippen LogP contribution < -0.4 is 4.90 Å². The van der Waals surface area contributed by atoms with Crippen LogP contribution in [0.25, 0.3) is 0 Å². The SMILES string of the molecule is Cc1ccc(C(=O)COC(=O)c2ccc(N3C(=O)[C@@H]4[C@H]5C[C@@H]([C@@H]4C3=O)[C@@H](c3ccccc3)C5)cc2)cc1. The summed E-state index contributed by atoms with van der Waals surface area (Å²) < 4.78 is 5.20. The molecule has 6 nitrogen and oxygen atoms in total. The van der Waals surface area contributed by atoms with Gasteiger partial charge in [0.1, 0.15) is 0 Å². The number of amides is 2. The lowest BCUT2D eigenvalue weighted by Crippen LogP contribution is -2.33. The molecule has 0 N–H and O–H groups in total. The van der Waals surface area contributed by atoms with Crippen molar-refractivity contribution in [2.75, 3.05) is 11.5 Å². The number of anilines is 1. The zero-order chi connectivity index (χ0) is 25.7. The van der Waals surface area contributed by atoms with Crippen molar-refractivity contribution in [3.63, 3.8) is 0 Å². The van der Waals surface area contributed by atoms with Crippen molar-refractivity contribution in [3.8, 4) is 0 Å². The second kappa shape index (κ2) is 9.11. The van der Waals surface area contributed by atoms with Gasteiger partial charge in [0.15, 0.2) is 12.4 Å². The Balaban J connectivity index is 1.13. The van der Waals surface area contributed by atoms with Crippen LogP contribution in [0, 0.1) is 30.6 Å². The molecule has 2 bridgehead atoms. The summed E-state index contributed by atoms with van der Waals surface area (Å²) >= 11 is 0. The number of esters is 1. The standard InChI is InChI=1S/C31H27NO5/c1-18-7-9-20(10-8-18)26(33)17-37-31(36)21-11-13-23(14-12-21)32-29(34)27-22-15-24(19-5-3-2-4-6-19)25(16-22)28(27)30(32)35/h2-14,22,24-25,27-28H,15-17H2,1H3/t22-,24-,25-,27-,28+/m1/s1. The van der Waals surface area contributed by atoms with E-state index in [1.807, 2.05) is 37.3 Å². The molecule has 1 aliphatic heterocycles. The van der Waals surface area contributed by atoms with Crippen molar-refractivity contribution in [1.82, 2.24) is 0 Å². The van der Waals surface area contributed by atoms with Gasteiger partial charge in [-0.2, -0.15) is 0 Å². The fourth-order valence-corrected chi connectivity index (χ4v) is 6.58. The third-order valence-corrected chi connectivity index (χ3v) is 8.31. The maximum absolute atomic E-state index is 13.5. The van der Waals surface area contributed by atoms with E-state index >= 15 is 0 Å². The summed E-state index contributed by atoms with van der Waals surface area (Å²) in [5, 5.41) is 0. The van der Waals surface area contributed by atoms with Gasteiger partial charge in [-0.1, -0.05) is 60.2 Å². The summed E-state index contributed by atoms with van der Waals surface area (Å²) in [5.74, 6) is -1.01. The van der Waals surface area contributed by atoms with Crippen LogP contribution in [0.2, 0.25) is 0 Å². The molecule has 6 rings (SSSR count). The molecule has 3 aliphatic rings. The average Bonchev–Trinajstić information content (AvgIpc) is 3.59. The Bertz CT molecular complexity index is 1380. The molecule has 5 atom stereocenters. The van der Waals surface area contributed by atoms with Crippen LogP contribution >= 0.6 is 0 Å². The van der Waals surface area contributed by atoms with Gasteiger partial charge in [0, 0.05) is 5.56 Å². The Morgan fingerprint density at radius 2 is 1.46 bits per heavy atom. The number of imide groups is 1. The Morgan fingerprint density at radius 3 is 2.16 bits per heavy atom. The molecule has 3 aromatic carbocycles. The fraction of sp³-hybridized carbons (Fsp3) is 0.290. The molecular formula is C31H27NO5. The number of carbonyl (C=O) groups excluding carboxylic acids is 4. The molecule has 186 valence electrons. The van der Waals surface area contributed by atoms with Crippen molar-refractivity contribution < 1.29 is 23.9 Å². The molecular weight excluding hydrogens is 466 g/mol. The Kier molecular flexibility index (Phi) is 5.75. The summed E-state index contributed by atoms with van der Waals surface area (Å²) in [6, 6.07) is 23.6. The number of rotatable bonds is 6. The number of nitrogens with zero attached hydrogens (tertiary/aromatic N) is 1. The smallest absolute Gasteiger partial charge is 0.338 e. The first kappa shape index (κ1) is 23.3. The van der Waals surface area contributed by atoms with E-state index in [4.69, 9.17) is 4.74 Å². The van der Waals surface area contributed by atoms with Crippen LogP contribution in [-0.4, -0.2) is 30.2 Å². The summed E-state index contributed by atoms with van der Waals surface area (Å²) in [6.07, 6.45) is 1.86. The van der Waals surface area contributed by atoms with Crippen LogP contribution in [0.1, 0.15) is 50.6 Å². The predicted molar refractivity (Wildman–Crippen MR) is 137 cm³/mol. The van der Waals surface area contributed by atoms with E-state index in [0.29, 0.717) is 17.2 Å². The van der Waals surface area contributed by atoms with Gasteiger partial charge in [0.25, 0.3) is 0 Å². The highest BCUT2D eigenvalue weighted by molar-refractivity contribution is 6.22. The van der Waals surface area contributed by atoms with Gasteiger partial charge in [-0.15, -0.1) is 0 Å². The number of hydrogen-bond donors (Lipinski definition) is 0. The van der Waals surface area contributed by atoms with Crippen molar-refractivity contribution >= 4 is 29.3 Å². The molecule has 1 saturated heterocycles. The topological polar surface area (TPSA) is 80.8 Å². The third-order valence-electron chi connectivity index (χ3n) is 8.31. The fourth-order valence-electron chi connectivity index (χ4n) is 6.58. The van der Waals surface area contributed by atoms with E-state index in [1.54, 1.807) is 24.3 Å². The van der Waals surface area contributed by atoms with Gasteiger partial charge in [-0.25, -0.2) is 4.79 Å². The molecule has 37 heavy (non-hydrogen) atoms. The lowest BCUT2D eigenvalue weighted by Gasteiger charge is -2.28. The highest BCUT2D eigenvalue weighted by atomic mass is 16.5. The number of fused-ring (bicyclic) bond motifs is 5. The molecule has 0 radical (unpaired) electrons. The predicted octanol–water partition coefficient (Wildman–Crippen LogP) is 4.96. The van der Waals surface area contributed by atoms with Crippen LogP contribution in [0.4, 0.5) is 5.69 Å². The first-order valence-corrected chi connectivity index (χ1v) is 12.7. The highest BCUT2D eigenvalue weighted by Crippen LogP contribution is 2.61. The van der Waals surface area contributed by atoms with Gasteiger partial charge >= 0.3 is 5.97 Å². The van der Waals surface area contributed by atoms with Crippen molar-refractivity contribution in [2.24, 2.45) is 23.7 Å². The highest BCUT2D eigenvalue weighted by Gasteiger charge is 2.64. The van der Waals surface area contributed by atoms with Crippen LogP contribution in [0.15, 0.2) is 78.9 Å². The van der Waals surface area contributed by atoms with Gasteiger partial charge in [0.2, 0.25) is 11.8 Å². The summed E-state index contributed by atoms with van der Waals surface area (Å²) in [5.41, 5.74) is 3.48. The molecule has 0 unspecified atom stereocenters. The second-order valence-corrected chi connectivity index (χ2v) is 10.4. The van der Waals surface area contributed by atoms with Crippen LogP contribution in [0.3, 0.4) is 0 Å². The van der Waals surface area contributed by atoms with Crippen molar-refractivity contribution in [1.29, 1.82) is 0 Å². The molecule has 1 heterocycles. The van der Waals surface area contributed by atoms with Gasteiger partial charge in [-0.3, -0.25) is 19.3 Å². The monoisotopic (exact) mass is 493 g/mol. The summed E-state index contributed by atoms with van der Waals surface area (Å²) in [4.78, 5) is 53.0. The lowest BCUT2D eigenvalue weighted by molar-refractivity contribution is -0.123.